The Bertz CT molecular complexity index is 274. The molecule has 1 rings (SSSR count). The molecule has 106 valence electrons. The third-order valence-electron chi connectivity index (χ3n) is 4.22. The van der Waals surface area contributed by atoms with E-state index in [2.05, 4.69) is 38.2 Å². The molecule has 1 fully saturated rings. The summed E-state index contributed by atoms with van der Waals surface area (Å²) in [5, 5.41) is 3.29. The second-order valence-electron chi connectivity index (χ2n) is 5.88. The van der Waals surface area contributed by atoms with E-state index in [1.54, 1.807) is 0 Å². The van der Waals surface area contributed by atoms with Gasteiger partial charge in [0.05, 0.1) is 0 Å². The third-order valence-corrected chi connectivity index (χ3v) is 4.22. The van der Waals surface area contributed by atoms with Crippen molar-refractivity contribution in [3.05, 3.63) is 0 Å². The molecule has 1 aliphatic rings. The zero-order valence-corrected chi connectivity index (χ0v) is 12.6. The first-order valence-corrected chi connectivity index (χ1v) is 7.06. The Morgan fingerprint density at radius 2 is 1.94 bits per heavy atom. The van der Waals surface area contributed by atoms with Crippen LogP contribution in [-0.2, 0) is 4.79 Å². The van der Waals surface area contributed by atoms with Crippen molar-refractivity contribution >= 4 is 5.91 Å². The van der Waals surface area contributed by atoms with Crippen molar-refractivity contribution in [3.63, 3.8) is 0 Å². The lowest BCUT2D eigenvalue weighted by Gasteiger charge is -2.49. The molecule has 0 aromatic heterocycles. The monoisotopic (exact) mass is 255 g/mol. The maximum absolute atomic E-state index is 12.1. The van der Waals surface area contributed by atoms with Gasteiger partial charge in [-0.2, -0.15) is 0 Å². The van der Waals surface area contributed by atoms with E-state index >= 15 is 0 Å². The van der Waals surface area contributed by atoms with Gasteiger partial charge < -0.3 is 15.1 Å². The number of nitrogens with zero attached hydrogens (tertiary/aromatic N) is 2. The number of carbonyl (C=O) groups is 1. The molecule has 0 spiro atoms. The van der Waals surface area contributed by atoms with Gasteiger partial charge in [0.1, 0.15) is 0 Å². The van der Waals surface area contributed by atoms with Gasteiger partial charge in [-0.15, -0.1) is 0 Å². The minimum atomic E-state index is 0.228. The quantitative estimate of drug-likeness (QED) is 0.745. The molecule has 0 aliphatic heterocycles. The molecular weight excluding hydrogens is 226 g/mol. The number of amides is 1. The maximum Gasteiger partial charge on any atom is 0.223 e. The van der Waals surface area contributed by atoms with Gasteiger partial charge in [0.15, 0.2) is 0 Å². The number of rotatable bonds is 7. The SMILES string of the molecule is CCNC(C)CC(=O)N(C)CC1(N(C)C)CCC1. The summed E-state index contributed by atoms with van der Waals surface area (Å²) in [6.45, 7) is 5.91. The Hall–Kier alpha value is -0.610. The molecule has 0 bridgehead atoms. The average Bonchev–Trinajstić information content (AvgIpc) is 2.22. The zero-order chi connectivity index (χ0) is 13.8. The van der Waals surface area contributed by atoms with Crippen LogP contribution in [0.15, 0.2) is 0 Å². The molecule has 4 heteroatoms. The Morgan fingerprint density at radius 1 is 1.33 bits per heavy atom. The Labute approximate surface area is 112 Å². The van der Waals surface area contributed by atoms with Crippen LogP contribution >= 0.6 is 0 Å². The Morgan fingerprint density at radius 3 is 2.33 bits per heavy atom. The highest BCUT2D eigenvalue weighted by atomic mass is 16.2. The molecule has 1 amide bonds. The summed E-state index contributed by atoms with van der Waals surface area (Å²) in [6, 6.07) is 0.265. The Balaban J connectivity index is 2.44. The molecule has 1 aliphatic carbocycles. The average molecular weight is 255 g/mol. The van der Waals surface area contributed by atoms with Crippen LogP contribution in [0.3, 0.4) is 0 Å². The smallest absolute Gasteiger partial charge is 0.223 e. The number of hydrogen-bond acceptors (Lipinski definition) is 3. The van der Waals surface area contributed by atoms with E-state index in [0.29, 0.717) is 6.42 Å². The maximum atomic E-state index is 12.1. The van der Waals surface area contributed by atoms with Gasteiger partial charge in [0.2, 0.25) is 5.91 Å². The predicted molar refractivity (Wildman–Crippen MR) is 75.7 cm³/mol. The molecule has 1 saturated carbocycles. The summed E-state index contributed by atoms with van der Waals surface area (Å²) >= 11 is 0. The van der Waals surface area contributed by atoms with Crippen molar-refractivity contribution in [2.45, 2.75) is 51.1 Å². The van der Waals surface area contributed by atoms with E-state index in [1.807, 2.05) is 11.9 Å². The first-order chi connectivity index (χ1) is 8.41. The lowest BCUT2D eigenvalue weighted by Crippen LogP contribution is -2.57. The van der Waals surface area contributed by atoms with Crippen LogP contribution in [0, 0.1) is 0 Å². The van der Waals surface area contributed by atoms with E-state index in [4.69, 9.17) is 0 Å². The van der Waals surface area contributed by atoms with Crippen molar-refractivity contribution in [2.75, 3.05) is 34.2 Å². The predicted octanol–water partition coefficient (Wildman–Crippen LogP) is 1.32. The summed E-state index contributed by atoms with van der Waals surface area (Å²) in [5.41, 5.74) is 0.228. The van der Waals surface area contributed by atoms with Crippen molar-refractivity contribution in [1.82, 2.24) is 15.1 Å². The zero-order valence-electron chi connectivity index (χ0n) is 12.6. The standard InChI is InChI=1S/C14H29N3O/c1-6-15-12(2)10-13(18)17(5)11-14(16(3)4)8-7-9-14/h12,15H,6-11H2,1-5H3. The van der Waals surface area contributed by atoms with Gasteiger partial charge >= 0.3 is 0 Å². The minimum Gasteiger partial charge on any atom is -0.344 e. The topological polar surface area (TPSA) is 35.6 Å². The van der Waals surface area contributed by atoms with Crippen molar-refractivity contribution < 1.29 is 4.79 Å². The fraction of sp³-hybridized carbons (Fsp3) is 0.929. The lowest BCUT2D eigenvalue weighted by molar-refractivity contribution is -0.133. The van der Waals surface area contributed by atoms with Crippen LogP contribution < -0.4 is 5.32 Å². The molecule has 0 saturated heterocycles. The van der Waals surface area contributed by atoms with Crippen LogP contribution in [0.5, 0.6) is 0 Å². The number of hydrogen-bond donors (Lipinski definition) is 1. The lowest BCUT2D eigenvalue weighted by atomic mass is 9.75. The molecule has 0 heterocycles. The molecule has 1 N–H and O–H groups in total. The summed E-state index contributed by atoms with van der Waals surface area (Å²) in [5.74, 6) is 0.247. The van der Waals surface area contributed by atoms with Crippen molar-refractivity contribution in [3.8, 4) is 0 Å². The summed E-state index contributed by atoms with van der Waals surface area (Å²) in [6.07, 6.45) is 4.29. The first kappa shape index (κ1) is 15.4. The van der Waals surface area contributed by atoms with Gasteiger partial charge in [0.25, 0.3) is 0 Å². The second kappa shape index (κ2) is 6.53. The van der Waals surface area contributed by atoms with Gasteiger partial charge in [-0.1, -0.05) is 6.92 Å². The highest BCUT2D eigenvalue weighted by Crippen LogP contribution is 2.36. The summed E-state index contributed by atoms with van der Waals surface area (Å²) < 4.78 is 0. The first-order valence-electron chi connectivity index (χ1n) is 7.06. The number of nitrogens with one attached hydrogen (secondary N) is 1. The highest BCUT2D eigenvalue weighted by Gasteiger charge is 2.40. The van der Waals surface area contributed by atoms with Gasteiger partial charge in [0, 0.05) is 31.6 Å². The van der Waals surface area contributed by atoms with Gasteiger partial charge in [-0.3, -0.25) is 4.79 Å². The fourth-order valence-electron chi connectivity index (χ4n) is 2.70. The molecular formula is C14H29N3O. The van der Waals surface area contributed by atoms with Gasteiger partial charge in [-0.05, 0) is 46.8 Å². The molecule has 0 radical (unpaired) electrons. The molecule has 18 heavy (non-hydrogen) atoms. The largest absolute Gasteiger partial charge is 0.344 e. The third kappa shape index (κ3) is 3.69. The van der Waals surface area contributed by atoms with Crippen molar-refractivity contribution in [1.29, 1.82) is 0 Å². The van der Waals surface area contributed by atoms with Crippen LogP contribution in [-0.4, -0.2) is 61.5 Å². The van der Waals surface area contributed by atoms with E-state index in [1.165, 1.54) is 19.3 Å². The summed E-state index contributed by atoms with van der Waals surface area (Å²) in [4.78, 5) is 16.3. The van der Waals surface area contributed by atoms with Crippen LogP contribution in [0.1, 0.15) is 39.5 Å². The van der Waals surface area contributed by atoms with E-state index in [0.717, 1.165) is 13.1 Å². The molecule has 1 unspecified atom stereocenters. The molecule has 4 nitrogen and oxygen atoms in total. The molecule has 0 aromatic carbocycles. The molecule has 1 atom stereocenters. The van der Waals surface area contributed by atoms with E-state index < -0.39 is 0 Å². The van der Waals surface area contributed by atoms with E-state index in [-0.39, 0.29) is 17.5 Å². The summed E-state index contributed by atoms with van der Waals surface area (Å²) in [7, 11) is 6.18. The van der Waals surface area contributed by atoms with Crippen LogP contribution in [0.25, 0.3) is 0 Å². The van der Waals surface area contributed by atoms with Crippen LogP contribution in [0.4, 0.5) is 0 Å². The normalized spacial score (nSPS) is 19.4. The Kier molecular flexibility index (Phi) is 5.60. The number of carbonyl (C=O) groups excluding carboxylic acids is 1. The van der Waals surface area contributed by atoms with E-state index in [9.17, 15) is 4.79 Å². The highest BCUT2D eigenvalue weighted by molar-refractivity contribution is 5.76. The minimum absolute atomic E-state index is 0.228. The molecule has 0 aromatic rings. The van der Waals surface area contributed by atoms with Gasteiger partial charge in [-0.25, -0.2) is 0 Å². The van der Waals surface area contributed by atoms with Crippen molar-refractivity contribution in [2.24, 2.45) is 0 Å². The van der Waals surface area contributed by atoms with Crippen LogP contribution in [0.2, 0.25) is 0 Å². The fourth-order valence-corrected chi connectivity index (χ4v) is 2.70. The number of likely N-dealkylation sites (N-methyl/N-ethyl adjacent to an activating group) is 2. The second-order valence-corrected chi connectivity index (χ2v) is 5.88.